The minimum atomic E-state index is 0.542. The molecule has 0 aliphatic carbocycles. The van der Waals surface area contributed by atoms with Crippen molar-refractivity contribution in [3.63, 3.8) is 0 Å². The Bertz CT molecular complexity index is 434. The van der Waals surface area contributed by atoms with E-state index in [4.69, 9.17) is 4.74 Å². The summed E-state index contributed by atoms with van der Waals surface area (Å²) in [6, 6.07) is 7.66. The molecule has 0 unspecified atom stereocenters. The molecule has 1 aromatic heterocycles. The lowest BCUT2D eigenvalue weighted by atomic mass is 10.2. The highest BCUT2D eigenvalue weighted by Crippen LogP contribution is 2.20. The summed E-state index contributed by atoms with van der Waals surface area (Å²) in [5.74, 6) is 0.542. The summed E-state index contributed by atoms with van der Waals surface area (Å²) in [7, 11) is 0. The third-order valence-electron chi connectivity index (χ3n) is 1.70. The molecule has 0 aliphatic rings. The Kier molecular flexibility index (Phi) is 1.92. The zero-order valence-corrected chi connectivity index (χ0v) is 6.97. The number of para-hydroxylation sites is 1. The van der Waals surface area contributed by atoms with Gasteiger partial charge in [0.05, 0.1) is 17.2 Å². The van der Waals surface area contributed by atoms with Crippen molar-refractivity contribution in [2.24, 2.45) is 0 Å². The van der Waals surface area contributed by atoms with Crippen molar-refractivity contribution in [1.82, 2.24) is 9.97 Å². The molecule has 0 aliphatic heterocycles. The van der Waals surface area contributed by atoms with Gasteiger partial charge in [-0.3, -0.25) is 0 Å². The predicted molar refractivity (Wildman–Crippen MR) is 50.4 cm³/mol. The molecule has 0 atom stereocenters. The van der Waals surface area contributed by atoms with Gasteiger partial charge in [-0.1, -0.05) is 18.7 Å². The Labute approximate surface area is 75.7 Å². The van der Waals surface area contributed by atoms with Crippen LogP contribution in [0, 0.1) is 0 Å². The van der Waals surface area contributed by atoms with Crippen LogP contribution >= 0.6 is 0 Å². The maximum Gasteiger partial charge on any atom is 0.229 e. The summed E-state index contributed by atoms with van der Waals surface area (Å²) in [5.41, 5.74) is 0.870. The molecule has 0 saturated heterocycles. The van der Waals surface area contributed by atoms with Crippen molar-refractivity contribution >= 4 is 10.9 Å². The Morgan fingerprint density at radius 1 is 1.23 bits per heavy atom. The summed E-state index contributed by atoms with van der Waals surface area (Å²) in [5, 5.41) is 0.893. The highest BCUT2D eigenvalue weighted by atomic mass is 16.5. The quantitative estimate of drug-likeness (QED) is 0.651. The van der Waals surface area contributed by atoms with Crippen LogP contribution in [0.4, 0.5) is 0 Å². The lowest BCUT2D eigenvalue weighted by Crippen LogP contribution is -1.89. The molecule has 2 rings (SSSR count). The molecule has 0 fully saturated rings. The number of rotatable bonds is 2. The molecular weight excluding hydrogens is 164 g/mol. The Morgan fingerprint density at radius 3 is 2.92 bits per heavy atom. The minimum Gasteiger partial charge on any atom is -0.447 e. The molecule has 3 heteroatoms. The van der Waals surface area contributed by atoms with Crippen molar-refractivity contribution in [1.29, 1.82) is 0 Å². The van der Waals surface area contributed by atoms with Gasteiger partial charge in [0.25, 0.3) is 0 Å². The molecule has 2 aromatic rings. The highest BCUT2D eigenvalue weighted by molar-refractivity contribution is 5.82. The van der Waals surface area contributed by atoms with Crippen molar-refractivity contribution in [2.75, 3.05) is 0 Å². The number of benzene rings is 1. The Balaban J connectivity index is 2.68. The van der Waals surface area contributed by atoms with Gasteiger partial charge in [-0.15, -0.1) is 0 Å². The lowest BCUT2D eigenvalue weighted by Gasteiger charge is -2.01. The van der Waals surface area contributed by atoms with E-state index < -0.39 is 0 Å². The van der Waals surface area contributed by atoms with E-state index in [9.17, 15) is 0 Å². The fourth-order valence-corrected chi connectivity index (χ4v) is 1.15. The molecule has 0 radical (unpaired) electrons. The van der Waals surface area contributed by atoms with Crippen molar-refractivity contribution in [3.8, 4) is 5.88 Å². The molecule has 0 saturated carbocycles. The number of ether oxygens (including phenoxy) is 1. The third kappa shape index (κ3) is 1.36. The van der Waals surface area contributed by atoms with Crippen LogP contribution in [0.5, 0.6) is 5.88 Å². The second-order valence-electron chi connectivity index (χ2n) is 2.48. The summed E-state index contributed by atoms with van der Waals surface area (Å²) in [4.78, 5) is 8.09. The standard InChI is InChI=1S/C10H8N2O/c1-2-13-10-8-5-3-4-6-9(8)11-7-12-10/h2-7H,1H2. The number of nitrogens with zero attached hydrogens (tertiary/aromatic N) is 2. The molecule has 13 heavy (non-hydrogen) atoms. The van der Waals surface area contributed by atoms with E-state index in [1.54, 1.807) is 0 Å². The van der Waals surface area contributed by atoms with Gasteiger partial charge in [0.2, 0.25) is 5.88 Å². The first-order chi connectivity index (χ1) is 6.42. The zero-order chi connectivity index (χ0) is 9.10. The maximum atomic E-state index is 5.13. The van der Waals surface area contributed by atoms with E-state index in [-0.39, 0.29) is 0 Å². The third-order valence-corrected chi connectivity index (χ3v) is 1.70. The average molecular weight is 172 g/mol. The molecular formula is C10H8N2O. The Hall–Kier alpha value is -1.90. The van der Waals surface area contributed by atoms with Gasteiger partial charge >= 0.3 is 0 Å². The summed E-state index contributed by atoms with van der Waals surface area (Å²) < 4.78 is 5.13. The molecule has 1 heterocycles. The van der Waals surface area contributed by atoms with Gasteiger partial charge in [-0.2, -0.15) is 0 Å². The van der Waals surface area contributed by atoms with E-state index in [1.807, 2.05) is 24.3 Å². The molecule has 0 spiro atoms. The number of aromatic nitrogens is 2. The van der Waals surface area contributed by atoms with Crippen molar-refractivity contribution in [2.45, 2.75) is 0 Å². The van der Waals surface area contributed by atoms with Crippen molar-refractivity contribution < 1.29 is 4.74 Å². The second kappa shape index (κ2) is 3.23. The van der Waals surface area contributed by atoms with Crippen LogP contribution in [0.3, 0.4) is 0 Å². The van der Waals surface area contributed by atoms with Crippen LogP contribution in [0.2, 0.25) is 0 Å². The van der Waals surface area contributed by atoms with Crippen LogP contribution in [-0.2, 0) is 0 Å². The van der Waals surface area contributed by atoms with Gasteiger partial charge in [0.15, 0.2) is 0 Å². The average Bonchev–Trinajstić information content (AvgIpc) is 2.19. The summed E-state index contributed by atoms with van der Waals surface area (Å²) in [6.45, 7) is 3.48. The second-order valence-corrected chi connectivity index (χ2v) is 2.48. The molecule has 0 bridgehead atoms. The molecule has 1 aromatic carbocycles. The van der Waals surface area contributed by atoms with Gasteiger partial charge in [-0.05, 0) is 12.1 Å². The van der Waals surface area contributed by atoms with Gasteiger partial charge < -0.3 is 4.74 Å². The van der Waals surface area contributed by atoms with Gasteiger partial charge in [0.1, 0.15) is 6.33 Å². The van der Waals surface area contributed by atoms with Crippen LogP contribution in [-0.4, -0.2) is 9.97 Å². The lowest BCUT2D eigenvalue weighted by molar-refractivity contribution is 0.468. The number of hydrogen-bond donors (Lipinski definition) is 0. The fraction of sp³-hybridized carbons (Fsp3) is 0. The topological polar surface area (TPSA) is 35.0 Å². The fourth-order valence-electron chi connectivity index (χ4n) is 1.15. The van der Waals surface area contributed by atoms with Gasteiger partial charge in [-0.25, -0.2) is 9.97 Å². The van der Waals surface area contributed by atoms with E-state index in [0.717, 1.165) is 10.9 Å². The van der Waals surface area contributed by atoms with E-state index >= 15 is 0 Å². The van der Waals surface area contributed by atoms with Crippen LogP contribution in [0.25, 0.3) is 10.9 Å². The maximum absolute atomic E-state index is 5.13. The van der Waals surface area contributed by atoms with Gasteiger partial charge in [0, 0.05) is 0 Å². The normalized spacial score (nSPS) is 9.85. The monoisotopic (exact) mass is 172 g/mol. The molecule has 0 amide bonds. The molecule has 3 nitrogen and oxygen atoms in total. The first-order valence-electron chi connectivity index (χ1n) is 3.89. The summed E-state index contributed by atoms with van der Waals surface area (Å²) >= 11 is 0. The molecule has 64 valence electrons. The van der Waals surface area contributed by atoms with E-state index in [0.29, 0.717) is 5.88 Å². The number of hydrogen-bond acceptors (Lipinski definition) is 3. The van der Waals surface area contributed by atoms with Crippen LogP contribution < -0.4 is 4.74 Å². The predicted octanol–water partition coefficient (Wildman–Crippen LogP) is 2.15. The first-order valence-corrected chi connectivity index (χ1v) is 3.89. The van der Waals surface area contributed by atoms with Crippen LogP contribution in [0.1, 0.15) is 0 Å². The first kappa shape index (κ1) is 7.73. The SMILES string of the molecule is C=COc1ncnc2ccccc12. The zero-order valence-electron chi connectivity index (χ0n) is 6.97. The largest absolute Gasteiger partial charge is 0.447 e. The van der Waals surface area contributed by atoms with Crippen molar-refractivity contribution in [3.05, 3.63) is 43.4 Å². The van der Waals surface area contributed by atoms with E-state index in [1.165, 1.54) is 12.6 Å². The smallest absolute Gasteiger partial charge is 0.229 e. The Morgan fingerprint density at radius 2 is 2.08 bits per heavy atom. The highest BCUT2D eigenvalue weighted by Gasteiger charge is 2.00. The van der Waals surface area contributed by atoms with E-state index in [2.05, 4.69) is 16.5 Å². The summed E-state index contributed by atoms with van der Waals surface area (Å²) in [6.07, 6.45) is 2.83. The number of fused-ring (bicyclic) bond motifs is 1. The molecule has 0 N–H and O–H groups in total. The van der Waals surface area contributed by atoms with Crippen LogP contribution in [0.15, 0.2) is 43.4 Å². The minimum absolute atomic E-state index is 0.542.